The van der Waals surface area contributed by atoms with Crippen molar-refractivity contribution in [1.82, 2.24) is 0 Å². The summed E-state index contributed by atoms with van der Waals surface area (Å²) in [6.07, 6.45) is 1.72. The van der Waals surface area contributed by atoms with E-state index in [9.17, 15) is 8.78 Å². The second-order valence-corrected chi connectivity index (χ2v) is 3.86. The first-order chi connectivity index (χ1) is 5.16. The van der Waals surface area contributed by atoms with E-state index in [4.69, 9.17) is 0 Å². The SMILES string of the molecule is CSc1c(I)ccc(F)c1F. The maximum absolute atomic E-state index is 12.9. The quantitative estimate of drug-likeness (QED) is 0.433. The van der Waals surface area contributed by atoms with Gasteiger partial charge in [-0.3, -0.25) is 0 Å². The minimum absolute atomic E-state index is 0.380. The first kappa shape index (κ1) is 9.25. The molecule has 0 spiro atoms. The first-order valence-electron chi connectivity index (χ1n) is 2.84. The molecule has 0 fully saturated rings. The zero-order valence-electron chi connectivity index (χ0n) is 5.70. The third-order valence-electron chi connectivity index (χ3n) is 1.21. The summed E-state index contributed by atoms with van der Waals surface area (Å²) in [5.41, 5.74) is 0. The average Bonchev–Trinajstić information content (AvgIpc) is 1.99. The Morgan fingerprint density at radius 3 is 2.45 bits per heavy atom. The molecule has 0 aromatic heterocycles. The van der Waals surface area contributed by atoms with Crippen LogP contribution < -0.4 is 0 Å². The summed E-state index contributed by atoms with van der Waals surface area (Å²) in [6, 6.07) is 2.70. The van der Waals surface area contributed by atoms with Gasteiger partial charge < -0.3 is 0 Å². The van der Waals surface area contributed by atoms with E-state index in [1.165, 1.54) is 11.8 Å². The smallest absolute Gasteiger partial charge is 0.173 e. The maximum atomic E-state index is 12.9. The second-order valence-electron chi connectivity index (χ2n) is 1.88. The van der Waals surface area contributed by atoms with E-state index in [0.29, 0.717) is 4.90 Å². The highest BCUT2D eigenvalue weighted by atomic mass is 127. The van der Waals surface area contributed by atoms with Gasteiger partial charge in [0.1, 0.15) is 0 Å². The Morgan fingerprint density at radius 1 is 1.36 bits per heavy atom. The van der Waals surface area contributed by atoms with Crippen molar-refractivity contribution in [3.63, 3.8) is 0 Å². The molecule has 0 amide bonds. The molecule has 0 saturated carbocycles. The highest BCUT2D eigenvalue weighted by Crippen LogP contribution is 2.26. The molecule has 60 valence electrons. The molecule has 0 aliphatic carbocycles. The second kappa shape index (κ2) is 3.71. The number of hydrogen-bond acceptors (Lipinski definition) is 1. The van der Waals surface area contributed by atoms with Gasteiger partial charge in [0.15, 0.2) is 11.6 Å². The molecule has 0 heterocycles. The molecule has 0 bridgehead atoms. The van der Waals surface area contributed by atoms with Crippen molar-refractivity contribution in [3.05, 3.63) is 27.3 Å². The molecule has 0 aliphatic rings. The summed E-state index contributed by atoms with van der Waals surface area (Å²) < 4.78 is 26.2. The summed E-state index contributed by atoms with van der Waals surface area (Å²) >= 11 is 3.19. The van der Waals surface area contributed by atoms with Gasteiger partial charge >= 0.3 is 0 Å². The molecule has 4 heteroatoms. The van der Waals surface area contributed by atoms with Crippen molar-refractivity contribution in [2.75, 3.05) is 6.26 Å². The van der Waals surface area contributed by atoms with E-state index in [2.05, 4.69) is 0 Å². The number of halogens is 3. The third-order valence-corrected chi connectivity index (χ3v) is 3.28. The Balaban J connectivity index is 3.29. The fraction of sp³-hybridized carbons (Fsp3) is 0.143. The Bertz CT molecular complexity index is 275. The molecular formula is C7H5F2IS. The Labute approximate surface area is 81.5 Å². The van der Waals surface area contributed by atoms with Crippen LogP contribution in [-0.4, -0.2) is 6.26 Å². The van der Waals surface area contributed by atoms with E-state index in [1.807, 2.05) is 22.6 Å². The van der Waals surface area contributed by atoms with Crippen LogP contribution in [0.1, 0.15) is 0 Å². The normalized spacial score (nSPS) is 10.2. The number of thioether (sulfide) groups is 1. The van der Waals surface area contributed by atoms with Gasteiger partial charge in [-0.1, -0.05) is 0 Å². The summed E-state index contributed by atoms with van der Waals surface area (Å²) in [5.74, 6) is -1.53. The maximum Gasteiger partial charge on any atom is 0.173 e. The Morgan fingerprint density at radius 2 is 2.00 bits per heavy atom. The molecule has 0 nitrogen and oxygen atoms in total. The topological polar surface area (TPSA) is 0 Å². The average molecular weight is 286 g/mol. The molecule has 1 aromatic rings. The van der Waals surface area contributed by atoms with Crippen molar-refractivity contribution in [1.29, 1.82) is 0 Å². The molecular weight excluding hydrogens is 281 g/mol. The fourth-order valence-corrected chi connectivity index (χ4v) is 2.31. The molecule has 11 heavy (non-hydrogen) atoms. The molecule has 0 unspecified atom stereocenters. The van der Waals surface area contributed by atoms with Gasteiger partial charge in [0.25, 0.3) is 0 Å². The van der Waals surface area contributed by atoms with Gasteiger partial charge in [0.2, 0.25) is 0 Å². The van der Waals surface area contributed by atoms with E-state index in [1.54, 1.807) is 12.3 Å². The monoisotopic (exact) mass is 286 g/mol. The van der Waals surface area contributed by atoms with Crippen LogP contribution in [-0.2, 0) is 0 Å². The Hall–Kier alpha value is 0.160. The highest BCUT2D eigenvalue weighted by Gasteiger charge is 2.09. The van der Waals surface area contributed by atoms with Crippen molar-refractivity contribution in [2.45, 2.75) is 4.90 Å². The molecule has 0 saturated heterocycles. The molecule has 0 N–H and O–H groups in total. The van der Waals surface area contributed by atoms with E-state index in [-0.39, 0.29) is 0 Å². The van der Waals surface area contributed by atoms with Crippen LogP contribution in [0.3, 0.4) is 0 Å². The van der Waals surface area contributed by atoms with Crippen LogP contribution in [0.5, 0.6) is 0 Å². The molecule has 0 aliphatic heterocycles. The summed E-state index contributed by atoms with van der Waals surface area (Å²) in [6.45, 7) is 0. The molecule has 1 aromatic carbocycles. The highest BCUT2D eigenvalue weighted by molar-refractivity contribution is 14.1. The number of rotatable bonds is 1. The summed E-state index contributed by atoms with van der Waals surface area (Å²) in [4.78, 5) is 0.380. The van der Waals surface area contributed by atoms with Crippen LogP contribution in [0.4, 0.5) is 8.78 Å². The lowest BCUT2D eigenvalue weighted by atomic mass is 10.3. The number of hydrogen-bond donors (Lipinski definition) is 0. The van der Waals surface area contributed by atoms with Crippen molar-refractivity contribution < 1.29 is 8.78 Å². The van der Waals surface area contributed by atoms with E-state index < -0.39 is 11.6 Å². The van der Waals surface area contributed by atoms with Gasteiger partial charge in [-0.05, 0) is 41.0 Å². The van der Waals surface area contributed by atoms with Crippen LogP contribution in [0.2, 0.25) is 0 Å². The standard InChI is InChI=1S/C7H5F2IS/c1-11-7-5(10)3-2-4(8)6(7)9/h2-3H,1H3. The van der Waals surface area contributed by atoms with Gasteiger partial charge in [-0.2, -0.15) is 0 Å². The third kappa shape index (κ3) is 1.84. The molecule has 0 radical (unpaired) electrons. The van der Waals surface area contributed by atoms with Crippen LogP contribution in [0.15, 0.2) is 17.0 Å². The predicted octanol–water partition coefficient (Wildman–Crippen LogP) is 3.29. The van der Waals surface area contributed by atoms with Gasteiger partial charge in [0.05, 0.1) is 4.90 Å². The lowest BCUT2D eigenvalue weighted by Gasteiger charge is -2.01. The van der Waals surface area contributed by atoms with E-state index >= 15 is 0 Å². The summed E-state index contributed by atoms with van der Waals surface area (Å²) in [5, 5.41) is 0. The lowest BCUT2D eigenvalue weighted by molar-refractivity contribution is 0.490. The summed E-state index contributed by atoms with van der Waals surface area (Å²) in [7, 11) is 0. The van der Waals surface area contributed by atoms with Gasteiger partial charge in [0, 0.05) is 3.57 Å². The number of benzene rings is 1. The molecule has 0 atom stereocenters. The van der Waals surface area contributed by atoms with Crippen LogP contribution >= 0.6 is 34.4 Å². The van der Waals surface area contributed by atoms with Crippen molar-refractivity contribution >= 4 is 34.4 Å². The Kier molecular flexibility index (Phi) is 3.12. The van der Waals surface area contributed by atoms with Gasteiger partial charge in [-0.15, -0.1) is 11.8 Å². The zero-order chi connectivity index (χ0) is 8.43. The first-order valence-corrected chi connectivity index (χ1v) is 5.14. The van der Waals surface area contributed by atoms with Crippen LogP contribution in [0, 0.1) is 15.2 Å². The minimum Gasteiger partial charge on any atom is -0.204 e. The molecule has 1 rings (SSSR count). The largest absolute Gasteiger partial charge is 0.204 e. The lowest BCUT2D eigenvalue weighted by Crippen LogP contribution is -1.89. The van der Waals surface area contributed by atoms with Crippen LogP contribution in [0.25, 0.3) is 0 Å². The zero-order valence-corrected chi connectivity index (χ0v) is 8.67. The van der Waals surface area contributed by atoms with Gasteiger partial charge in [-0.25, -0.2) is 8.78 Å². The predicted molar refractivity (Wildman–Crippen MR) is 50.9 cm³/mol. The van der Waals surface area contributed by atoms with Crippen molar-refractivity contribution in [3.8, 4) is 0 Å². The fourth-order valence-electron chi connectivity index (χ4n) is 0.696. The van der Waals surface area contributed by atoms with E-state index in [0.717, 1.165) is 9.64 Å². The van der Waals surface area contributed by atoms with Crippen molar-refractivity contribution in [2.24, 2.45) is 0 Å². The minimum atomic E-state index is -0.783.